The van der Waals surface area contributed by atoms with Crippen molar-refractivity contribution in [2.75, 3.05) is 26.1 Å². The smallest absolute Gasteiger partial charge is 0.132 e. The zero-order chi connectivity index (χ0) is 15.2. The van der Waals surface area contributed by atoms with E-state index in [1.165, 1.54) is 0 Å². The van der Waals surface area contributed by atoms with Crippen LogP contribution in [-0.4, -0.2) is 30.7 Å². The van der Waals surface area contributed by atoms with Crippen molar-refractivity contribution in [3.63, 3.8) is 0 Å². The van der Waals surface area contributed by atoms with Gasteiger partial charge in [0.1, 0.15) is 23.6 Å². The summed E-state index contributed by atoms with van der Waals surface area (Å²) in [4.78, 5) is 8.72. The number of aromatic nitrogens is 2. The van der Waals surface area contributed by atoms with E-state index in [1.54, 1.807) is 20.5 Å². The number of nitrogens with one attached hydrogen (secondary N) is 1. The lowest BCUT2D eigenvalue weighted by Gasteiger charge is -2.14. The Morgan fingerprint density at radius 2 is 1.95 bits per heavy atom. The second kappa shape index (κ2) is 6.92. The average molecular weight is 287 g/mol. The summed E-state index contributed by atoms with van der Waals surface area (Å²) >= 11 is 0. The van der Waals surface area contributed by atoms with Gasteiger partial charge in [0.15, 0.2) is 0 Å². The molecule has 0 amide bonds. The summed E-state index contributed by atoms with van der Waals surface area (Å²) in [6.07, 6.45) is 2.61. The molecule has 0 aliphatic carbocycles. The van der Waals surface area contributed by atoms with E-state index < -0.39 is 0 Å². The molecule has 2 aromatic rings. The molecule has 0 aliphatic rings. The van der Waals surface area contributed by atoms with Crippen molar-refractivity contribution in [2.24, 2.45) is 0 Å². The molecule has 1 aromatic heterocycles. The molecule has 0 fully saturated rings. The summed E-state index contributed by atoms with van der Waals surface area (Å²) < 4.78 is 10.7. The van der Waals surface area contributed by atoms with Gasteiger partial charge in [-0.3, -0.25) is 0 Å². The van der Waals surface area contributed by atoms with E-state index in [0.29, 0.717) is 0 Å². The third kappa shape index (κ3) is 3.24. The Hall–Kier alpha value is -2.30. The molecule has 0 unspecified atom stereocenters. The minimum absolute atomic E-state index is 0.763. The minimum Gasteiger partial charge on any atom is -0.497 e. The van der Waals surface area contributed by atoms with Crippen LogP contribution in [0.2, 0.25) is 0 Å². The average Bonchev–Trinajstić information content (AvgIpc) is 2.53. The van der Waals surface area contributed by atoms with E-state index in [4.69, 9.17) is 9.47 Å². The highest BCUT2D eigenvalue weighted by Crippen LogP contribution is 2.35. The number of hydrogen-bond donors (Lipinski definition) is 1. The molecule has 0 spiro atoms. The van der Waals surface area contributed by atoms with Gasteiger partial charge in [0.25, 0.3) is 0 Å². The quantitative estimate of drug-likeness (QED) is 0.883. The van der Waals surface area contributed by atoms with E-state index in [1.807, 2.05) is 25.1 Å². The van der Waals surface area contributed by atoms with Crippen LogP contribution in [0.15, 0.2) is 24.5 Å². The maximum atomic E-state index is 5.44. The Morgan fingerprint density at radius 1 is 1.14 bits per heavy atom. The summed E-state index contributed by atoms with van der Waals surface area (Å²) in [6.45, 7) is 5.01. The first kappa shape index (κ1) is 15.1. The molecule has 21 heavy (non-hydrogen) atoms. The zero-order valence-corrected chi connectivity index (χ0v) is 12.9. The zero-order valence-electron chi connectivity index (χ0n) is 12.9. The summed E-state index contributed by atoms with van der Waals surface area (Å²) in [5, 5.41) is 3.32. The molecule has 5 nitrogen and oxygen atoms in total. The monoisotopic (exact) mass is 287 g/mol. The fraction of sp³-hybridized carbons (Fsp3) is 0.375. The Bertz CT molecular complexity index is 614. The molecule has 1 N–H and O–H groups in total. The molecule has 1 aromatic carbocycles. The highest BCUT2D eigenvalue weighted by atomic mass is 16.5. The molecular weight excluding hydrogens is 266 g/mol. The van der Waals surface area contributed by atoms with Crippen molar-refractivity contribution in [2.45, 2.75) is 20.3 Å². The number of benzene rings is 1. The lowest BCUT2D eigenvalue weighted by atomic mass is 10.1. The van der Waals surface area contributed by atoms with Crippen LogP contribution in [-0.2, 0) is 0 Å². The third-order valence-corrected chi connectivity index (χ3v) is 3.29. The van der Waals surface area contributed by atoms with E-state index in [-0.39, 0.29) is 0 Å². The molecule has 5 heteroatoms. The van der Waals surface area contributed by atoms with Crippen LogP contribution in [0.3, 0.4) is 0 Å². The Labute approximate surface area is 125 Å². The van der Waals surface area contributed by atoms with Crippen LogP contribution in [0.1, 0.15) is 18.9 Å². The molecule has 0 saturated heterocycles. The lowest BCUT2D eigenvalue weighted by molar-refractivity contribution is 0.404. The van der Waals surface area contributed by atoms with Crippen LogP contribution in [0.25, 0.3) is 11.3 Å². The van der Waals surface area contributed by atoms with Gasteiger partial charge in [0, 0.05) is 17.7 Å². The number of nitrogens with zero attached hydrogens (tertiary/aromatic N) is 2. The van der Waals surface area contributed by atoms with Gasteiger partial charge < -0.3 is 14.8 Å². The summed E-state index contributed by atoms with van der Waals surface area (Å²) in [7, 11) is 3.30. The molecule has 0 radical (unpaired) electrons. The molecule has 1 heterocycles. The predicted molar refractivity (Wildman–Crippen MR) is 84.1 cm³/mol. The molecular formula is C16H21N3O2. The molecule has 2 rings (SSSR count). The number of methoxy groups -OCH3 is 2. The molecule has 112 valence electrons. The molecule has 0 atom stereocenters. The number of anilines is 1. The van der Waals surface area contributed by atoms with Gasteiger partial charge in [-0.2, -0.15) is 0 Å². The fourth-order valence-electron chi connectivity index (χ4n) is 2.14. The largest absolute Gasteiger partial charge is 0.497 e. The Balaban J connectivity index is 2.50. The summed E-state index contributed by atoms with van der Waals surface area (Å²) in [6, 6.07) is 5.68. The number of rotatable bonds is 6. The Kier molecular flexibility index (Phi) is 4.98. The van der Waals surface area contributed by atoms with Gasteiger partial charge in [-0.1, -0.05) is 6.92 Å². The molecule has 0 aliphatic heterocycles. The number of ether oxygens (including phenoxy) is 2. The maximum Gasteiger partial charge on any atom is 0.132 e. The van der Waals surface area contributed by atoms with Crippen LogP contribution >= 0.6 is 0 Å². The van der Waals surface area contributed by atoms with Crippen molar-refractivity contribution in [1.82, 2.24) is 9.97 Å². The molecule has 0 bridgehead atoms. The van der Waals surface area contributed by atoms with Crippen LogP contribution in [0.4, 0.5) is 5.82 Å². The predicted octanol–water partition coefficient (Wildman–Crippen LogP) is 3.29. The fourth-order valence-corrected chi connectivity index (χ4v) is 2.14. The summed E-state index contributed by atoms with van der Waals surface area (Å²) in [5.41, 5.74) is 2.74. The van der Waals surface area contributed by atoms with Crippen molar-refractivity contribution in [3.8, 4) is 22.8 Å². The highest BCUT2D eigenvalue weighted by Gasteiger charge is 2.14. The third-order valence-electron chi connectivity index (χ3n) is 3.29. The first-order valence-electron chi connectivity index (χ1n) is 6.99. The van der Waals surface area contributed by atoms with E-state index >= 15 is 0 Å². The standard InChI is InChI=1S/C16H21N3O2/c1-5-8-17-16-11(2)15(18-10-19-16)13-9-12(20-3)6-7-14(13)21-4/h6-7,9-10H,5,8H2,1-4H3,(H,17,18,19). The lowest BCUT2D eigenvalue weighted by Crippen LogP contribution is -2.06. The SMILES string of the molecule is CCCNc1ncnc(-c2cc(OC)ccc2OC)c1C. The van der Waals surface area contributed by atoms with Crippen LogP contribution < -0.4 is 14.8 Å². The van der Waals surface area contributed by atoms with Gasteiger partial charge in [0.05, 0.1) is 19.9 Å². The van der Waals surface area contributed by atoms with Crippen molar-refractivity contribution in [3.05, 3.63) is 30.1 Å². The van der Waals surface area contributed by atoms with Crippen LogP contribution in [0.5, 0.6) is 11.5 Å². The maximum absolute atomic E-state index is 5.44. The van der Waals surface area contributed by atoms with Crippen molar-refractivity contribution >= 4 is 5.82 Å². The summed E-state index contributed by atoms with van der Waals surface area (Å²) in [5.74, 6) is 2.39. The minimum atomic E-state index is 0.763. The van der Waals surface area contributed by atoms with E-state index in [0.717, 1.165) is 47.1 Å². The van der Waals surface area contributed by atoms with Crippen molar-refractivity contribution < 1.29 is 9.47 Å². The van der Waals surface area contributed by atoms with Gasteiger partial charge in [0.2, 0.25) is 0 Å². The van der Waals surface area contributed by atoms with E-state index in [2.05, 4.69) is 22.2 Å². The highest BCUT2D eigenvalue weighted by molar-refractivity contribution is 5.74. The second-order valence-electron chi connectivity index (χ2n) is 4.69. The normalized spacial score (nSPS) is 10.3. The van der Waals surface area contributed by atoms with Gasteiger partial charge in [-0.15, -0.1) is 0 Å². The van der Waals surface area contributed by atoms with Crippen LogP contribution in [0, 0.1) is 6.92 Å². The van der Waals surface area contributed by atoms with Gasteiger partial charge in [-0.25, -0.2) is 9.97 Å². The topological polar surface area (TPSA) is 56.3 Å². The van der Waals surface area contributed by atoms with E-state index in [9.17, 15) is 0 Å². The number of hydrogen-bond acceptors (Lipinski definition) is 5. The Morgan fingerprint density at radius 3 is 2.62 bits per heavy atom. The first-order valence-corrected chi connectivity index (χ1v) is 6.99. The van der Waals surface area contributed by atoms with Gasteiger partial charge in [-0.05, 0) is 31.5 Å². The first-order chi connectivity index (χ1) is 10.2. The van der Waals surface area contributed by atoms with Gasteiger partial charge >= 0.3 is 0 Å². The molecule has 0 saturated carbocycles. The van der Waals surface area contributed by atoms with Crippen molar-refractivity contribution in [1.29, 1.82) is 0 Å². The second-order valence-corrected chi connectivity index (χ2v) is 4.69.